The molecule has 0 spiro atoms. The Morgan fingerprint density at radius 2 is 1.85 bits per heavy atom. The van der Waals surface area contributed by atoms with Crippen LogP contribution >= 0.6 is 0 Å². The molecule has 2 N–H and O–H groups in total. The Morgan fingerprint density at radius 3 is 2.62 bits per heavy atom. The molecule has 8 heteroatoms. The highest BCUT2D eigenvalue weighted by atomic mass is 19.1. The van der Waals surface area contributed by atoms with E-state index < -0.39 is 23.7 Å². The summed E-state index contributed by atoms with van der Waals surface area (Å²) in [5.41, 5.74) is 2.54. The van der Waals surface area contributed by atoms with E-state index in [0.717, 1.165) is 29.4 Å². The fourth-order valence-corrected chi connectivity index (χ4v) is 5.32. The number of hydrogen-bond donors (Lipinski definition) is 2. The van der Waals surface area contributed by atoms with Gasteiger partial charge in [0.25, 0.3) is 0 Å². The Labute approximate surface area is 195 Å². The Bertz CT molecular complexity index is 1250. The molecule has 2 amide bonds. The van der Waals surface area contributed by atoms with Crippen molar-refractivity contribution in [3.05, 3.63) is 83.7 Å². The third-order valence-electron chi connectivity index (χ3n) is 6.97. The zero-order valence-electron chi connectivity index (χ0n) is 18.5. The number of rotatable bonds is 3. The fraction of sp³-hybridized carbons (Fsp3) is 0.269. The molecule has 0 radical (unpaired) electrons. The van der Waals surface area contributed by atoms with E-state index in [9.17, 15) is 23.1 Å². The lowest BCUT2D eigenvalue weighted by Crippen LogP contribution is -2.48. The van der Waals surface area contributed by atoms with Crippen molar-refractivity contribution < 1.29 is 23.1 Å². The second kappa shape index (κ2) is 8.68. The van der Waals surface area contributed by atoms with Gasteiger partial charge in [0.1, 0.15) is 17.5 Å². The number of hydrogen-bond acceptors (Lipinski definition) is 3. The second-order valence-electron chi connectivity index (χ2n) is 8.76. The molecule has 3 aromatic carbocycles. The van der Waals surface area contributed by atoms with Crippen LogP contribution in [0.1, 0.15) is 18.0 Å². The number of aliphatic hydroxyl groups is 1. The van der Waals surface area contributed by atoms with Gasteiger partial charge in [0.05, 0.1) is 24.4 Å². The molecule has 176 valence electrons. The van der Waals surface area contributed by atoms with E-state index in [1.807, 2.05) is 30.1 Å². The molecule has 1 fully saturated rings. The summed E-state index contributed by atoms with van der Waals surface area (Å²) in [6.45, 7) is 0.284. The summed E-state index contributed by atoms with van der Waals surface area (Å²) < 4.78 is 42.3. The zero-order valence-corrected chi connectivity index (χ0v) is 18.5. The second-order valence-corrected chi connectivity index (χ2v) is 8.76. The van der Waals surface area contributed by atoms with Gasteiger partial charge in [-0.3, -0.25) is 0 Å². The summed E-state index contributed by atoms with van der Waals surface area (Å²) in [6, 6.07) is 13.8. The van der Waals surface area contributed by atoms with Crippen molar-refractivity contribution in [2.75, 3.05) is 30.4 Å². The van der Waals surface area contributed by atoms with Crippen molar-refractivity contribution in [2.45, 2.75) is 18.5 Å². The SMILES string of the molecule is CN1c2ccc(-c3ccccc3F)cc2[C@@H]2[C@@H](CCN2C(=O)Nc2cc(F)ccc2F)[C@H]1CO. The van der Waals surface area contributed by atoms with Gasteiger partial charge in [0.15, 0.2) is 0 Å². The van der Waals surface area contributed by atoms with Crippen molar-refractivity contribution in [3.8, 4) is 11.1 Å². The third-order valence-corrected chi connectivity index (χ3v) is 6.97. The van der Waals surface area contributed by atoms with Crippen LogP contribution in [0.5, 0.6) is 0 Å². The van der Waals surface area contributed by atoms with Crippen molar-refractivity contribution in [1.29, 1.82) is 0 Å². The molecule has 1 saturated heterocycles. The van der Waals surface area contributed by atoms with Gasteiger partial charge in [0.2, 0.25) is 0 Å². The highest BCUT2D eigenvalue weighted by molar-refractivity contribution is 5.90. The number of likely N-dealkylation sites (tertiary alicyclic amines) is 1. The zero-order chi connectivity index (χ0) is 24.0. The monoisotopic (exact) mass is 467 g/mol. The molecule has 0 aliphatic carbocycles. The summed E-state index contributed by atoms with van der Waals surface area (Å²) in [5, 5.41) is 12.6. The summed E-state index contributed by atoms with van der Waals surface area (Å²) in [4.78, 5) is 16.8. The van der Waals surface area contributed by atoms with Gasteiger partial charge in [-0.2, -0.15) is 0 Å². The maximum absolute atomic E-state index is 14.5. The summed E-state index contributed by atoms with van der Waals surface area (Å²) in [7, 11) is 1.89. The molecule has 0 aromatic heterocycles. The van der Waals surface area contributed by atoms with Gasteiger partial charge in [-0.1, -0.05) is 24.3 Å². The number of likely N-dealkylation sites (N-methyl/N-ethyl adjacent to an activating group) is 1. The number of carbonyl (C=O) groups excluding carboxylic acids is 1. The average molecular weight is 467 g/mol. The normalized spacial score (nSPS) is 21.3. The van der Waals surface area contributed by atoms with Gasteiger partial charge in [-0.05, 0) is 47.9 Å². The van der Waals surface area contributed by atoms with Crippen molar-refractivity contribution in [3.63, 3.8) is 0 Å². The number of aliphatic hydroxyl groups excluding tert-OH is 1. The molecule has 5 nitrogen and oxygen atoms in total. The van der Waals surface area contributed by atoms with Crippen LogP contribution in [0.2, 0.25) is 0 Å². The van der Waals surface area contributed by atoms with E-state index in [0.29, 0.717) is 24.1 Å². The van der Waals surface area contributed by atoms with Gasteiger partial charge < -0.3 is 20.2 Å². The lowest BCUT2D eigenvalue weighted by atomic mass is 9.81. The van der Waals surface area contributed by atoms with Crippen LogP contribution in [-0.2, 0) is 0 Å². The third kappa shape index (κ3) is 3.68. The topological polar surface area (TPSA) is 55.8 Å². The van der Waals surface area contributed by atoms with E-state index in [-0.39, 0.29) is 30.1 Å². The van der Waals surface area contributed by atoms with Gasteiger partial charge in [-0.15, -0.1) is 0 Å². The minimum absolute atomic E-state index is 0.0820. The quantitative estimate of drug-likeness (QED) is 0.558. The molecule has 2 aliphatic heterocycles. The molecule has 34 heavy (non-hydrogen) atoms. The van der Waals surface area contributed by atoms with Crippen molar-refractivity contribution >= 4 is 17.4 Å². The minimum Gasteiger partial charge on any atom is -0.394 e. The molecular weight excluding hydrogens is 443 g/mol. The number of fused-ring (bicyclic) bond motifs is 3. The van der Waals surface area contributed by atoms with Crippen LogP contribution in [0.15, 0.2) is 60.7 Å². The van der Waals surface area contributed by atoms with Crippen LogP contribution in [0.4, 0.5) is 29.3 Å². The molecule has 0 unspecified atom stereocenters. The van der Waals surface area contributed by atoms with Crippen LogP contribution in [0.25, 0.3) is 11.1 Å². The first-order valence-electron chi connectivity index (χ1n) is 11.1. The predicted molar refractivity (Wildman–Crippen MR) is 124 cm³/mol. The van der Waals surface area contributed by atoms with Crippen LogP contribution in [0.3, 0.4) is 0 Å². The highest BCUT2D eigenvalue weighted by Crippen LogP contribution is 2.49. The average Bonchev–Trinajstić information content (AvgIpc) is 3.27. The van der Waals surface area contributed by atoms with Crippen molar-refractivity contribution in [1.82, 2.24) is 4.90 Å². The summed E-state index contributed by atoms with van der Waals surface area (Å²) >= 11 is 0. The fourth-order valence-electron chi connectivity index (χ4n) is 5.32. The summed E-state index contributed by atoms with van der Waals surface area (Å²) in [6.07, 6.45) is 0.628. The maximum atomic E-state index is 14.5. The predicted octanol–water partition coefficient (Wildman–Crippen LogP) is 5.18. The van der Waals surface area contributed by atoms with Crippen molar-refractivity contribution in [2.24, 2.45) is 5.92 Å². The van der Waals surface area contributed by atoms with Crippen LogP contribution < -0.4 is 10.2 Å². The molecule has 2 aliphatic rings. The van der Waals surface area contributed by atoms with Gasteiger partial charge in [0, 0.05) is 36.8 Å². The first-order chi connectivity index (χ1) is 16.4. The first kappa shape index (κ1) is 22.3. The molecule has 2 heterocycles. The van der Waals surface area contributed by atoms with Crippen LogP contribution in [-0.4, -0.2) is 42.3 Å². The van der Waals surface area contributed by atoms with Crippen LogP contribution in [0, 0.1) is 23.4 Å². The largest absolute Gasteiger partial charge is 0.394 e. The minimum atomic E-state index is -0.732. The van der Waals surface area contributed by atoms with E-state index >= 15 is 0 Å². The molecule has 3 atom stereocenters. The number of anilines is 2. The number of carbonyl (C=O) groups is 1. The Hall–Kier alpha value is -3.52. The standard InChI is InChI=1S/C26H24F3N3O2/c1-31-23-9-6-15(17-4-2-3-5-20(17)28)12-19(23)25-18(24(31)14-33)10-11-32(25)26(34)30-22-13-16(27)7-8-21(22)29/h2-9,12-13,18,24-25,33H,10-11,14H2,1H3,(H,30,34)/t18-,24+,25-/m0/s1. The molecule has 5 rings (SSSR count). The number of halogens is 3. The Balaban J connectivity index is 1.55. The lowest BCUT2D eigenvalue weighted by Gasteiger charge is -2.44. The van der Waals surface area contributed by atoms with E-state index in [1.165, 1.54) is 6.07 Å². The number of amides is 2. The van der Waals surface area contributed by atoms with Gasteiger partial charge in [-0.25, -0.2) is 18.0 Å². The van der Waals surface area contributed by atoms with E-state index in [1.54, 1.807) is 23.1 Å². The molecule has 3 aromatic rings. The number of nitrogens with zero attached hydrogens (tertiary/aromatic N) is 2. The maximum Gasteiger partial charge on any atom is 0.322 e. The lowest BCUT2D eigenvalue weighted by molar-refractivity contribution is 0.168. The molecular formula is C26H24F3N3O2. The number of urea groups is 1. The Kier molecular flexibility index (Phi) is 5.69. The van der Waals surface area contributed by atoms with E-state index in [4.69, 9.17) is 0 Å². The molecule has 0 saturated carbocycles. The summed E-state index contributed by atoms with van der Waals surface area (Å²) in [5.74, 6) is -1.82. The highest BCUT2D eigenvalue weighted by Gasteiger charge is 2.47. The number of benzene rings is 3. The van der Waals surface area contributed by atoms with Gasteiger partial charge >= 0.3 is 6.03 Å². The molecule has 0 bridgehead atoms. The Morgan fingerprint density at radius 1 is 1.06 bits per heavy atom. The first-order valence-corrected chi connectivity index (χ1v) is 11.1. The van der Waals surface area contributed by atoms with E-state index in [2.05, 4.69) is 5.32 Å². The smallest absolute Gasteiger partial charge is 0.322 e. The number of nitrogens with one attached hydrogen (secondary N) is 1.